The number of hydrogen-bond donors (Lipinski definition) is 2. The first-order valence-corrected chi connectivity index (χ1v) is 8.80. The van der Waals surface area contributed by atoms with Crippen LogP contribution in [0.2, 0.25) is 0 Å². The molecule has 1 unspecified atom stereocenters. The highest BCUT2D eigenvalue weighted by Gasteiger charge is 2.29. The van der Waals surface area contributed by atoms with Crippen LogP contribution in [-0.2, 0) is 4.79 Å². The Balaban J connectivity index is 2.17. The molecule has 8 nitrogen and oxygen atoms in total. The van der Waals surface area contributed by atoms with Gasteiger partial charge in [0.1, 0.15) is 11.4 Å². The van der Waals surface area contributed by atoms with Gasteiger partial charge < -0.3 is 20.1 Å². The lowest BCUT2D eigenvalue weighted by Gasteiger charge is -2.17. The Labute approximate surface area is 170 Å². The largest absolute Gasteiger partial charge is 0.480 e. The predicted molar refractivity (Wildman–Crippen MR) is 101 cm³/mol. The number of methoxy groups -OCH3 is 1. The number of nitrogens with one attached hydrogen (secondary N) is 2. The number of aromatic nitrogens is 2. The number of halogens is 3. The maximum absolute atomic E-state index is 12.6. The Morgan fingerprint density at radius 2 is 1.90 bits per heavy atom. The van der Waals surface area contributed by atoms with Gasteiger partial charge in [-0.05, 0) is 37.6 Å². The molecule has 2 aromatic rings. The van der Waals surface area contributed by atoms with Crippen molar-refractivity contribution in [3.63, 3.8) is 0 Å². The summed E-state index contributed by atoms with van der Waals surface area (Å²) in [6.07, 6.45) is -4.51. The molecule has 0 radical (unpaired) electrons. The summed E-state index contributed by atoms with van der Waals surface area (Å²) in [5.74, 6) is -0.976. The van der Waals surface area contributed by atoms with Crippen molar-refractivity contribution in [2.75, 3.05) is 19.0 Å². The van der Waals surface area contributed by atoms with Crippen molar-refractivity contribution in [3.8, 4) is 11.8 Å². The second-order valence-electron chi connectivity index (χ2n) is 6.41. The molecule has 2 rings (SSSR count). The second kappa shape index (κ2) is 9.42. The molecule has 0 bridgehead atoms. The maximum atomic E-state index is 12.6. The fourth-order valence-electron chi connectivity index (χ4n) is 2.54. The van der Waals surface area contributed by atoms with Gasteiger partial charge in [0.2, 0.25) is 17.7 Å². The number of carbonyl (C=O) groups is 2. The van der Waals surface area contributed by atoms with Crippen LogP contribution in [0.5, 0.6) is 11.8 Å². The van der Waals surface area contributed by atoms with Crippen molar-refractivity contribution in [1.82, 2.24) is 15.3 Å². The van der Waals surface area contributed by atoms with Crippen molar-refractivity contribution in [2.45, 2.75) is 33.0 Å². The standard InChI is InChI=1S/C19H21F3N4O4/c1-10-7-13(8-15(23-10)25-12(3)27)11(2)24-17(28)14-5-6-16(26-18(14)29-4)30-9-19(20,21)22/h5-8,11H,9H2,1-4H3,(H,24,28)(H,23,25,27). The number of amides is 2. The molecule has 0 aromatic carbocycles. The van der Waals surface area contributed by atoms with Crippen LogP contribution in [0.4, 0.5) is 19.0 Å². The minimum absolute atomic E-state index is 0.0246. The molecule has 0 aliphatic carbocycles. The number of rotatable bonds is 7. The molecule has 0 fully saturated rings. The Morgan fingerprint density at radius 3 is 2.50 bits per heavy atom. The third-order valence-corrected chi connectivity index (χ3v) is 3.78. The molecule has 30 heavy (non-hydrogen) atoms. The van der Waals surface area contributed by atoms with E-state index >= 15 is 0 Å². The molecule has 162 valence electrons. The zero-order valence-electron chi connectivity index (χ0n) is 16.8. The fourth-order valence-corrected chi connectivity index (χ4v) is 2.54. The molecular weight excluding hydrogens is 405 g/mol. The monoisotopic (exact) mass is 426 g/mol. The van der Waals surface area contributed by atoms with Crippen molar-refractivity contribution in [1.29, 1.82) is 0 Å². The van der Waals surface area contributed by atoms with E-state index in [0.717, 1.165) is 6.07 Å². The zero-order chi connectivity index (χ0) is 22.5. The van der Waals surface area contributed by atoms with Gasteiger partial charge in [-0.1, -0.05) is 0 Å². The van der Waals surface area contributed by atoms with Crippen LogP contribution >= 0.6 is 0 Å². The number of nitrogens with zero attached hydrogens (tertiary/aromatic N) is 2. The molecular formula is C19H21F3N4O4. The first-order valence-electron chi connectivity index (χ1n) is 8.80. The quantitative estimate of drug-likeness (QED) is 0.705. The summed E-state index contributed by atoms with van der Waals surface area (Å²) in [7, 11) is 1.24. The lowest BCUT2D eigenvalue weighted by molar-refractivity contribution is -0.154. The molecule has 2 N–H and O–H groups in total. The van der Waals surface area contributed by atoms with Crippen LogP contribution in [0.1, 0.15) is 41.5 Å². The first-order chi connectivity index (χ1) is 14.0. The molecule has 2 amide bonds. The highest BCUT2D eigenvalue weighted by Crippen LogP contribution is 2.24. The van der Waals surface area contributed by atoms with E-state index in [9.17, 15) is 22.8 Å². The third-order valence-electron chi connectivity index (χ3n) is 3.78. The average Bonchev–Trinajstić information content (AvgIpc) is 2.64. The summed E-state index contributed by atoms with van der Waals surface area (Å²) in [5.41, 5.74) is 1.36. The van der Waals surface area contributed by atoms with Gasteiger partial charge in [-0.25, -0.2) is 4.98 Å². The minimum atomic E-state index is -4.51. The van der Waals surface area contributed by atoms with E-state index in [1.165, 1.54) is 20.1 Å². The smallest absolute Gasteiger partial charge is 0.422 e. The lowest BCUT2D eigenvalue weighted by atomic mass is 10.1. The van der Waals surface area contributed by atoms with Gasteiger partial charge in [-0.3, -0.25) is 9.59 Å². The molecule has 2 aromatic heterocycles. The molecule has 0 aliphatic rings. The van der Waals surface area contributed by atoms with Crippen molar-refractivity contribution >= 4 is 17.6 Å². The summed E-state index contributed by atoms with van der Waals surface area (Å²) < 4.78 is 46.4. The lowest BCUT2D eigenvalue weighted by Crippen LogP contribution is -2.27. The van der Waals surface area contributed by atoms with Gasteiger partial charge in [0.05, 0.1) is 13.2 Å². The van der Waals surface area contributed by atoms with Gasteiger partial charge in [0, 0.05) is 18.7 Å². The Morgan fingerprint density at radius 1 is 1.20 bits per heavy atom. The molecule has 0 spiro atoms. The van der Waals surface area contributed by atoms with Crippen LogP contribution in [0.25, 0.3) is 0 Å². The summed E-state index contributed by atoms with van der Waals surface area (Å²) in [6.45, 7) is 3.32. The van der Waals surface area contributed by atoms with Gasteiger partial charge in [0.15, 0.2) is 6.61 Å². The summed E-state index contributed by atoms with van der Waals surface area (Å²) in [6, 6.07) is 5.32. The van der Waals surface area contributed by atoms with Gasteiger partial charge in [-0.2, -0.15) is 18.2 Å². The second-order valence-corrected chi connectivity index (χ2v) is 6.41. The van der Waals surface area contributed by atoms with Crippen LogP contribution in [0.15, 0.2) is 24.3 Å². The van der Waals surface area contributed by atoms with E-state index in [-0.39, 0.29) is 23.2 Å². The first kappa shape index (κ1) is 22.9. The normalized spacial score (nSPS) is 12.1. The van der Waals surface area contributed by atoms with Crippen LogP contribution < -0.4 is 20.1 Å². The van der Waals surface area contributed by atoms with Crippen LogP contribution in [-0.4, -0.2) is 41.7 Å². The van der Waals surface area contributed by atoms with E-state index < -0.39 is 24.7 Å². The highest BCUT2D eigenvalue weighted by atomic mass is 19.4. The van der Waals surface area contributed by atoms with E-state index in [0.29, 0.717) is 17.1 Å². The Kier molecular flexibility index (Phi) is 7.19. The number of aryl methyl sites for hydroxylation is 1. The summed E-state index contributed by atoms with van der Waals surface area (Å²) in [5, 5.41) is 5.34. The van der Waals surface area contributed by atoms with E-state index in [1.54, 1.807) is 26.0 Å². The van der Waals surface area contributed by atoms with Gasteiger partial charge in [-0.15, -0.1) is 0 Å². The summed E-state index contributed by atoms with van der Waals surface area (Å²) in [4.78, 5) is 31.9. The van der Waals surface area contributed by atoms with Crippen molar-refractivity contribution < 1.29 is 32.2 Å². The molecule has 0 saturated heterocycles. The van der Waals surface area contributed by atoms with Crippen molar-refractivity contribution in [3.05, 3.63) is 41.1 Å². The average molecular weight is 426 g/mol. The molecule has 2 heterocycles. The predicted octanol–water partition coefficient (Wildman–Crippen LogP) is 3.18. The minimum Gasteiger partial charge on any atom is -0.480 e. The highest BCUT2D eigenvalue weighted by molar-refractivity contribution is 5.96. The van der Waals surface area contributed by atoms with Crippen molar-refractivity contribution in [2.24, 2.45) is 0 Å². The Hall–Kier alpha value is -3.37. The number of hydrogen-bond acceptors (Lipinski definition) is 6. The van der Waals surface area contributed by atoms with Crippen LogP contribution in [0, 0.1) is 6.92 Å². The molecule has 0 aliphatic heterocycles. The SMILES string of the molecule is COc1nc(OCC(F)(F)F)ccc1C(=O)NC(C)c1cc(C)nc(NC(C)=O)c1. The number of alkyl halides is 3. The Bertz CT molecular complexity index is 934. The molecule has 11 heteroatoms. The van der Waals surface area contributed by atoms with E-state index in [1.807, 2.05) is 0 Å². The van der Waals surface area contributed by atoms with Crippen LogP contribution in [0.3, 0.4) is 0 Å². The molecule has 1 atom stereocenters. The zero-order valence-corrected chi connectivity index (χ0v) is 16.8. The van der Waals surface area contributed by atoms with Gasteiger partial charge >= 0.3 is 6.18 Å². The van der Waals surface area contributed by atoms with Gasteiger partial charge in [0.25, 0.3) is 5.91 Å². The number of ether oxygens (including phenoxy) is 2. The topological polar surface area (TPSA) is 102 Å². The van der Waals surface area contributed by atoms with E-state index in [2.05, 4.69) is 25.3 Å². The fraction of sp³-hybridized carbons (Fsp3) is 0.368. The number of anilines is 1. The number of pyridine rings is 2. The third kappa shape index (κ3) is 6.61. The molecule has 0 saturated carbocycles. The number of carbonyl (C=O) groups excluding carboxylic acids is 2. The maximum Gasteiger partial charge on any atom is 0.422 e. The van der Waals surface area contributed by atoms with E-state index in [4.69, 9.17) is 4.74 Å². The summed E-state index contributed by atoms with van der Waals surface area (Å²) >= 11 is 0.